The van der Waals surface area contributed by atoms with E-state index in [1.54, 1.807) is 12.4 Å². The molecule has 0 spiro atoms. The van der Waals surface area contributed by atoms with Crippen molar-refractivity contribution in [1.29, 1.82) is 0 Å². The molecule has 0 saturated carbocycles. The van der Waals surface area contributed by atoms with Crippen molar-refractivity contribution in [3.63, 3.8) is 0 Å². The van der Waals surface area contributed by atoms with Gasteiger partial charge in [0.1, 0.15) is 5.75 Å². The van der Waals surface area contributed by atoms with E-state index < -0.39 is 0 Å². The first-order valence-electron chi connectivity index (χ1n) is 6.13. The molecule has 0 aliphatic heterocycles. The lowest BCUT2D eigenvalue weighted by atomic mass is 10.1. The number of benzene rings is 1. The lowest BCUT2D eigenvalue weighted by Crippen LogP contribution is -2.05. The van der Waals surface area contributed by atoms with E-state index in [0.717, 1.165) is 17.7 Å². The quantitative estimate of drug-likeness (QED) is 0.877. The Morgan fingerprint density at radius 3 is 2.39 bits per heavy atom. The Bertz CT molecular complexity index is 466. The lowest BCUT2D eigenvalue weighted by Gasteiger charge is -2.09. The van der Waals surface area contributed by atoms with E-state index in [4.69, 9.17) is 10.5 Å². The number of ether oxygens (including phenoxy) is 1. The molecule has 3 nitrogen and oxygen atoms in total. The zero-order valence-electron chi connectivity index (χ0n) is 10.5. The second-order valence-electron chi connectivity index (χ2n) is 4.31. The zero-order chi connectivity index (χ0) is 12.8. The van der Waals surface area contributed by atoms with Gasteiger partial charge in [0.05, 0.1) is 6.61 Å². The van der Waals surface area contributed by atoms with Crippen molar-refractivity contribution in [1.82, 2.24) is 4.98 Å². The highest BCUT2D eigenvalue weighted by atomic mass is 16.5. The highest BCUT2D eigenvalue weighted by Gasteiger charge is 1.99. The molecule has 0 fully saturated rings. The minimum atomic E-state index is 0.0656. The van der Waals surface area contributed by atoms with Crippen LogP contribution < -0.4 is 10.5 Å². The van der Waals surface area contributed by atoms with Crippen LogP contribution in [0, 0.1) is 0 Å². The van der Waals surface area contributed by atoms with Crippen LogP contribution in [0.2, 0.25) is 0 Å². The zero-order valence-corrected chi connectivity index (χ0v) is 10.5. The fourth-order valence-electron chi connectivity index (χ4n) is 1.70. The Kier molecular flexibility index (Phi) is 4.31. The van der Waals surface area contributed by atoms with E-state index in [2.05, 4.69) is 4.98 Å². The van der Waals surface area contributed by atoms with Gasteiger partial charge in [0.25, 0.3) is 0 Å². The molecular formula is C15H18N2O. The van der Waals surface area contributed by atoms with Gasteiger partial charge in [-0.2, -0.15) is 0 Å². The minimum absolute atomic E-state index is 0.0656. The summed E-state index contributed by atoms with van der Waals surface area (Å²) in [5.41, 5.74) is 8.15. The number of hydrogen-bond donors (Lipinski definition) is 1. The summed E-state index contributed by atoms with van der Waals surface area (Å²) in [7, 11) is 0. The van der Waals surface area contributed by atoms with Gasteiger partial charge in [-0.15, -0.1) is 0 Å². The van der Waals surface area contributed by atoms with Gasteiger partial charge >= 0.3 is 0 Å². The Labute approximate surface area is 108 Å². The summed E-state index contributed by atoms with van der Waals surface area (Å²) >= 11 is 0. The second kappa shape index (κ2) is 6.17. The Balaban J connectivity index is 1.83. The molecule has 0 bridgehead atoms. The number of pyridine rings is 1. The van der Waals surface area contributed by atoms with Crippen LogP contribution in [0.5, 0.6) is 5.75 Å². The SMILES string of the molecule is C[C@H](N)c1ccc(OCCc2ccncc2)cc1. The first kappa shape index (κ1) is 12.6. The Morgan fingerprint density at radius 1 is 1.11 bits per heavy atom. The predicted molar refractivity (Wildman–Crippen MR) is 72.5 cm³/mol. The Morgan fingerprint density at radius 2 is 1.78 bits per heavy atom. The van der Waals surface area contributed by atoms with Gasteiger partial charge in [0.15, 0.2) is 0 Å². The van der Waals surface area contributed by atoms with Crippen LogP contribution in [0.4, 0.5) is 0 Å². The standard InChI is InChI=1S/C15H18N2O/c1-12(16)14-2-4-15(5-3-14)18-11-8-13-6-9-17-10-7-13/h2-7,9-10,12H,8,11,16H2,1H3/t12-/m0/s1. The van der Waals surface area contributed by atoms with Crippen molar-refractivity contribution >= 4 is 0 Å². The van der Waals surface area contributed by atoms with Crippen molar-refractivity contribution in [2.75, 3.05) is 6.61 Å². The normalized spacial score (nSPS) is 12.1. The van der Waals surface area contributed by atoms with Crippen LogP contribution in [-0.2, 0) is 6.42 Å². The number of nitrogens with zero attached hydrogens (tertiary/aromatic N) is 1. The maximum atomic E-state index is 5.79. The van der Waals surface area contributed by atoms with Gasteiger partial charge in [-0.3, -0.25) is 4.98 Å². The molecule has 0 saturated heterocycles. The molecule has 1 aromatic carbocycles. The van der Waals surface area contributed by atoms with Crippen molar-refractivity contribution in [3.8, 4) is 5.75 Å². The highest BCUT2D eigenvalue weighted by Crippen LogP contribution is 2.16. The molecule has 94 valence electrons. The van der Waals surface area contributed by atoms with E-state index in [-0.39, 0.29) is 6.04 Å². The van der Waals surface area contributed by atoms with Crippen LogP contribution in [0.3, 0.4) is 0 Å². The van der Waals surface area contributed by atoms with Crippen LogP contribution >= 0.6 is 0 Å². The molecule has 1 aromatic heterocycles. The Hall–Kier alpha value is -1.87. The third-order valence-corrected chi connectivity index (χ3v) is 2.81. The number of nitrogens with two attached hydrogens (primary N) is 1. The molecule has 18 heavy (non-hydrogen) atoms. The molecule has 0 unspecified atom stereocenters. The van der Waals surface area contributed by atoms with Gasteiger partial charge in [0, 0.05) is 24.9 Å². The molecule has 3 heteroatoms. The first-order chi connectivity index (χ1) is 8.75. The van der Waals surface area contributed by atoms with Crippen LogP contribution in [0.25, 0.3) is 0 Å². The average molecular weight is 242 g/mol. The van der Waals surface area contributed by atoms with Gasteiger partial charge in [-0.25, -0.2) is 0 Å². The summed E-state index contributed by atoms with van der Waals surface area (Å²) in [5, 5.41) is 0. The fourth-order valence-corrected chi connectivity index (χ4v) is 1.70. The first-order valence-corrected chi connectivity index (χ1v) is 6.13. The number of hydrogen-bond acceptors (Lipinski definition) is 3. The van der Waals surface area contributed by atoms with Crippen LogP contribution in [0.15, 0.2) is 48.8 Å². The molecule has 1 atom stereocenters. The molecule has 0 aliphatic carbocycles. The van der Waals surface area contributed by atoms with E-state index in [0.29, 0.717) is 6.61 Å². The van der Waals surface area contributed by atoms with Crippen molar-refractivity contribution < 1.29 is 4.74 Å². The van der Waals surface area contributed by atoms with E-state index in [1.165, 1.54) is 5.56 Å². The summed E-state index contributed by atoms with van der Waals surface area (Å²) in [4.78, 5) is 3.99. The minimum Gasteiger partial charge on any atom is -0.493 e. The highest BCUT2D eigenvalue weighted by molar-refractivity contribution is 5.28. The topological polar surface area (TPSA) is 48.1 Å². The number of aromatic nitrogens is 1. The smallest absolute Gasteiger partial charge is 0.119 e. The molecular weight excluding hydrogens is 224 g/mol. The van der Waals surface area contributed by atoms with E-state index >= 15 is 0 Å². The lowest BCUT2D eigenvalue weighted by molar-refractivity contribution is 0.322. The third-order valence-electron chi connectivity index (χ3n) is 2.81. The summed E-state index contributed by atoms with van der Waals surface area (Å²) in [6.07, 6.45) is 4.48. The molecule has 1 heterocycles. The molecule has 0 radical (unpaired) electrons. The van der Waals surface area contributed by atoms with Gasteiger partial charge in [-0.1, -0.05) is 12.1 Å². The number of rotatable bonds is 5. The van der Waals surface area contributed by atoms with E-state index in [1.807, 2.05) is 43.3 Å². The summed E-state index contributed by atoms with van der Waals surface area (Å²) in [6.45, 7) is 2.64. The monoisotopic (exact) mass is 242 g/mol. The van der Waals surface area contributed by atoms with Crippen LogP contribution in [-0.4, -0.2) is 11.6 Å². The molecule has 0 amide bonds. The van der Waals surface area contributed by atoms with Crippen molar-refractivity contribution in [3.05, 3.63) is 59.9 Å². The molecule has 0 aliphatic rings. The van der Waals surface area contributed by atoms with Gasteiger partial charge in [0.2, 0.25) is 0 Å². The largest absolute Gasteiger partial charge is 0.493 e. The van der Waals surface area contributed by atoms with Gasteiger partial charge in [-0.05, 0) is 42.3 Å². The van der Waals surface area contributed by atoms with Gasteiger partial charge < -0.3 is 10.5 Å². The van der Waals surface area contributed by atoms with Crippen molar-refractivity contribution in [2.45, 2.75) is 19.4 Å². The average Bonchev–Trinajstić information content (AvgIpc) is 2.40. The molecule has 2 rings (SSSR count). The maximum absolute atomic E-state index is 5.79. The molecule has 2 aromatic rings. The van der Waals surface area contributed by atoms with Crippen molar-refractivity contribution in [2.24, 2.45) is 5.73 Å². The predicted octanol–water partition coefficient (Wildman–Crippen LogP) is 2.72. The summed E-state index contributed by atoms with van der Waals surface area (Å²) < 4.78 is 5.68. The molecule has 2 N–H and O–H groups in total. The fraction of sp³-hybridized carbons (Fsp3) is 0.267. The summed E-state index contributed by atoms with van der Waals surface area (Å²) in [6, 6.07) is 12.0. The maximum Gasteiger partial charge on any atom is 0.119 e. The van der Waals surface area contributed by atoms with Crippen LogP contribution in [0.1, 0.15) is 24.1 Å². The van der Waals surface area contributed by atoms with E-state index in [9.17, 15) is 0 Å². The second-order valence-corrected chi connectivity index (χ2v) is 4.31. The summed E-state index contributed by atoms with van der Waals surface area (Å²) in [5.74, 6) is 0.883. The third kappa shape index (κ3) is 3.57.